The third-order valence-electron chi connectivity index (χ3n) is 3.51. The number of amides is 1. The van der Waals surface area contributed by atoms with Gasteiger partial charge in [0, 0.05) is 5.56 Å². The van der Waals surface area contributed by atoms with E-state index in [0.29, 0.717) is 22.6 Å². The second kappa shape index (κ2) is 7.36. The largest absolute Gasteiger partial charge is 0.460 e. The van der Waals surface area contributed by atoms with Crippen LogP contribution in [0.3, 0.4) is 0 Å². The van der Waals surface area contributed by atoms with Crippen LogP contribution < -0.4 is 14.8 Å². The summed E-state index contributed by atoms with van der Waals surface area (Å²) in [6.07, 6.45) is 0. The number of carbonyl (C=O) groups excluding carboxylic acids is 2. The van der Waals surface area contributed by atoms with E-state index in [1.165, 1.54) is 0 Å². The van der Waals surface area contributed by atoms with Gasteiger partial charge >= 0.3 is 5.97 Å². The van der Waals surface area contributed by atoms with E-state index in [1.54, 1.807) is 42.5 Å². The van der Waals surface area contributed by atoms with Gasteiger partial charge < -0.3 is 19.5 Å². The van der Waals surface area contributed by atoms with Gasteiger partial charge in [0.05, 0.1) is 11.6 Å². The zero-order valence-electron chi connectivity index (χ0n) is 13.2. The summed E-state index contributed by atoms with van der Waals surface area (Å²) >= 11 is 0. The van der Waals surface area contributed by atoms with Crippen molar-refractivity contribution in [1.82, 2.24) is 5.32 Å². The number of rotatable bonds is 5. The summed E-state index contributed by atoms with van der Waals surface area (Å²) in [7, 11) is 0. The number of ether oxygens (including phenoxy) is 3. The Morgan fingerprint density at radius 1 is 1.12 bits per heavy atom. The molecule has 0 unspecified atom stereocenters. The molecule has 0 fully saturated rings. The van der Waals surface area contributed by atoms with Crippen LogP contribution >= 0.6 is 0 Å². The molecule has 0 spiro atoms. The second-order valence-corrected chi connectivity index (χ2v) is 5.22. The maximum Gasteiger partial charge on any atom is 0.325 e. The molecule has 25 heavy (non-hydrogen) atoms. The van der Waals surface area contributed by atoms with Gasteiger partial charge in [0.2, 0.25) is 6.79 Å². The van der Waals surface area contributed by atoms with E-state index >= 15 is 0 Å². The number of nitrogens with zero attached hydrogens (tertiary/aromatic N) is 1. The van der Waals surface area contributed by atoms with E-state index in [9.17, 15) is 9.59 Å². The van der Waals surface area contributed by atoms with Crippen molar-refractivity contribution < 1.29 is 23.8 Å². The molecular formula is C18H14N2O5. The molecule has 1 N–H and O–H groups in total. The van der Waals surface area contributed by atoms with Gasteiger partial charge in [-0.1, -0.05) is 12.1 Å². The van der Waals surface area contributed by atoms with E-state index in [0.717, 1.165) is 5.56 Å². The van der Waals surface area contributed by atoms with E-state index in [4.69, 9.17) is 19.5 Å². The maximum absolute atomic E-state index is 12.0. The van der Waals surface area contributed by atoms with Gasteiger partial charge in [0.15, 0.2) is 11.5 Å². The quantitative estimate of drug-likeness (QED) is 0.834. The summed E-state index contributed by atoms with van der Waals surface area (Å²) in [5.74, 6) is 0.112. The molecule has 0 saturated carbocycles. The lowest BCUT2D eigenvalue weighted by Gasteiger charge is -2.07. The van der Waals surface area contributed by atoms with Gasteiger partial charge in [-0.05, 0) is 35.9 Å². The van der Waals surface area contributed by atoms with Crippen LogP contribution in [0, 0.1) is 11.3 Å². The Kier molecular flexibility index (Phi) is 4.81. The molecule has 7 heteroatoms. The monoisotopic (exact) mass is 338 g/mol. The zero-order valence-corrected chi connectivity index (χ0v) is 13.2. The van der Waals surface area contributed by atoms with Crippen molar-refractivity contribution in [2.24, 2.45) is 0 Å². The Morgan fingerprint density at radius 3 is 2.64 bits per heavy atom. The minimum Gasteiger partial charge on any atom is -0.460 e. The lowest BCUT2D eigenvalue weighted by atomic mass is 10.2. The fourth-order valence-electron chi connectivity index (χ4n) is 2.18. The first kappa shape index (κ1) is 16.3. The Labute approximate surface area is 143 Å². The zero-order chi connectivity index (χ0) is 17.6. The number of nitrogens with one attached hydrogen (secondary N) is 1. The van der Waals surface area contributed by atoms with E-state index in [1.807, 2.05) is 6.07 Å². The highest BCUT2D eigenvalue weighted by molar-refractivity contribution is 5.96. The Balaban J connectivity index is 1.46. The summed E-state index contributed by atoms with van der Waals surface area (Å²) in [5, 5.41) is 11.2. The first-order valence-electron chi connectivity index (χ1n) is 7.48. The van der Waals surface area contributed by atoms with Crippen molar-refractivity contribution in [3.8, 4) is 17.6 Å². The first-order chi connectivity index (χ1) is 12.2. The van der Waals surface area contributed by atoms with E-state index in [2.05, 4.69) is 5.32 Å². The van der Waals surface area contributed by atoms with Gasteiger partial charge in [-0.3, -0.25) is 9.59 Å². The van der Waals surface area contributed by atoms with Gasteiger partial charge in [0.1, 0.15) is 13.2 Å². The van der Waals surface area contributed by atoms with Crippen molar-refractivity contribution in [1.29, 1.82) is 5.26 Å². The summed E-state index contributed by atoms with van der Waals surface area (Å²) in [5.41, 5.74) is 1.66. The molecular weight excluding hydrogens is 324 g/mol. The van der Waals surface area contributed by atoms with Gasteiger partial charge in [-0.25, -0.2) is 0 Å². The molecule has 3 rings (SSSR count). The topological polar surface area (TPSA) is 97.7 Å². The molecule has 2 aromatic rings. The van der Waals surface area contributed by atoms with Gasteiger partial charge in [-0.2, -0.15) is 5.26 Å². The number of fused-ring (bicyclic) bond motifs is 1. The Morgan fingerprint density at radius 2 is 1.88 bits per heavy atom. The molecule has 0 aliphatic carbocycles. The number of hydrogen-bond acceptors (Lipinski definition) is 6. The van der Waals surface area contributed by atoms with E-state index < -0.39 is 11.9 Å². The number of esters is 1. The minimum atomic E-state index is -0.557. The lowest BCUT2D eigenvalue weighted by Crippen LogP contribution is -2.30. The Hall–Kier alpha value is -3.53. The van der Waals surface area contributed by atoms with Crippen LogP contribution in [0.25, 0.3) is 0 Å². The minimum absolute atomic E-state index is 0.0738. The lowest BCUT2D eigenvalue weighted by molar-refractivity contribution is -0.143. The highest BCUT2D eigenvalue weighted by Gasteiger charge is 2.16. The summed E-state index contributed by atoms with van der Waals surface area (Å²) in [6.45, 7) is -0.0456. The third kappa shape index (κ3) is 4.06. The van der Waals surface area contributed by atoms with Crippen molar-refractivity contribution in [3.05, 3.63) is 59.2 Å². The predicted molar refractivity (Wildman–Crippen MR) is 85.9 cm³/mol. The molecule has 0 aromatic heterocycles. The highest BCUT2D eigenvalue weighted by Crippen LogP contribution is 2.32. The maximum atomic E-state index is 12.0. The Bertz CT molecular complexity index is 840. The SMILES string of the molecule is N#Cc1ccc(COC(=O)CNC(=O)c2ccc3c(c2)OCO3)cc1. The fourth-order valence-corrected chi connectivity index (χ4v) is 2.18. The van der Waals surface area contributed by atoms with Crippen LogP contribution in [0.5, 0.6) is 11.5 Å². The van der Waals surface area contributed by atoms with Crippen LogP contribution in [0.1, 0.15) is 21.5 Å². The van der Waals surface area contributed by atoms with Crippen LogP contribution in [0.4, 0.5) is 0 Å². The molecule has 1 heterocycles. The smallest absolute Gasteiger partial charge is 0.325 e. The molecule has 1 amide bonds. The first-order valence-corrected chi connectivity index (χ1v) is 7.48. The second-order valence-electron chi connectivity index (χ2n) is 5.22. The summed E-state index contributed by atoms with van der Waals surface area (Å²) in [6, 6.07) is 13.5. The molecule has 0 atom stereocenters. The standard InChI is InChI=1S/C18H14N2O5/c19-8-12-1-3-13(4-2-12)10-23-17(21)9-20-18(22)14-5-6-15-16(7-14)25-11-24-15/h1-7H,9-11H2,(H,20,22). The molecule has 1 aliphatic rings. The molecule has 0 saturated heterocycles. The van der Waals surface area contributed by atoms with E-state index in [-0.39, 0.29) is 19.9 Å². The predicted octanol–water partition coefficient (Wildman–Crippen LogP) is 1.76. The van der Waals surface area contributed by atoms with Crippen LogP contribution in [0.2, 0.25) is 0 Å². The number of benzene rings is 2. The summed E-state index contributed by atoms with van der Waals surface area (Å²) in [4.78, 5) is 23.8. The van der Waals surface area contributed by atoms with Crippen LogP contribution in [-0.2, 0) is 16.1 Å². The van der Waals surface area contributed by atoms with Crippen LogP contribution in [-0.4, -0.2) is 25.2 Å². The van der Waals surface area contributed by atoms with Crippen molar-refractivity contribution >= 4 is 11.9 Å². The number of hydrogen-bond donors (Lipinski definition) is 1. The van der Waals surface area contributed by atoms with Crippen molar-refractivity contribution in [3.63, 3.8) is 0 Å². The molecule has 0 radical (unpaired) electrons. The average molecular weight is 338 g/mol. The van der Waals surface area contributed by atoms with Gasteiger partial charge in [-0.15, -0.1) is 0 Å². The van der Waals surface area contributed by atoms with Crippen LogP contribution in [0.15, 0.2) is 42.5 Å². The molecule has 7 nitrogen and oxygen atoms in total. The summed E-state index contributed by atoms with van der Waals surface area (Å²) < 4.78 is 15.5. The number of carbonyl (C=O) groups is 2. The number of nitriles is 1. The highest BCUT2D eigenvalue weighted by atomic mass is 16.7. The fraction of sp³-hybridized carbons (Fsp3) is 0.167. The van der Waals surface area contributed by atoms with Crippen molar-refractivity contribution in [2.75, 3.05) is 13.3 Å². The normalized spacial score (nSPS) is 11.5. The molecule has 1 aliphatic heterocycles. The third-order valence-corrected chi connectivity index (χ3v) is 3.51. The molecule has 2 aromatic carbocycles. The molecule has 0 bridgehead atoms. The average Bonchev–Trinajstić information content (AvgIpc) is 3.12. The van der Waals surface area contributed by atoms with Crippen molar-refractivity contribution in [2.45, 2.75) is 6.61 Å². The van der Waals surface area contributed by atoms with Gasteiger partial charge in [0.25, 0.3) is 5.91 Å². The molecule has 126 valence electrons.